The average molecular weight is 1360 g/mol. The van der Waals surface area contributed by atoms with Gasteiger partial charge in [-0.05, 0) is 224 Å². The van der Waals surface area contributed by atoms with Crippen LogP contribution in [-0.4, -0.2) is 20.1 Å². The van der Waals surface area contributed by atoms with Gasteiger partial charge >= 0.3 is 0 Å². The molecule has 10 aromatic carbocycles. The van der Waals surface area contributed by atoms with E-state index < -0.39 is 77.0 Å². The molecule has 0 saturated heterocycles. The van der Waals surface area contributed by atoms with E-state index in [2.05, 4.69) is 12.1 Å². The molecule has 0 atom stereocenters. The van der Waals surface area contributed by atoms with Crippen LogP contribution in [0.3, 0.4) is 0 Å². The Morgan fingerprint density at radius 1 is 0.360 bits per heavy atom. The summed E-state index contributed by atoms with van der Waals surface area (Å²) in [7, 11) is 0. The summed E-state index contributed by atoms with van der Waals surface area (Å²) in [5, 5.41) is 22.0. The molecule has 0 spiro atoms. The number of hydrogen-bond acceptors (Lipinski definition) is 10. The number of ether oxygens (including phenoxy) is 3. The number of thiophene rings is 2. The van der Waals surface area contributed by atoms with E-state index in [-0.39, 0.29) is 17.1 Å². The molecule has 8 nitrogen and oxygen atoms in total. The van der Waals surface area contributed by atoms with Crippen LogP contribution in [0, 0.1) is 78.3 Å². The monoisotopic (exact) mass is 1360 g/mol. The van der Waals surface area contributed by atoms with Crippen molar-refractivity contribution in [1.29, 1.82) is 10.5 Å². The van der Waals surface area contributed by atoms with Gasteiger partial charge < -0.3 is 28.9 Å². The number of fused-ring (bicyclic) bond motifs is 16. The fourth-order valence-corrected chi connectivity index (χ4v) is 18.5. The molecule has 0 aliphatic carbocycles. The van der Waals surface area contributed by atoms with Crippen LogP contribution in [0.2, 0.25) is 0 Å². The van der Waals surface area contributed by atoms with Crippen molar-refractivity contribution in [1.82, 2.24) is 0 Å². The van der Waals surface area contributed by atoms with Crippen molar-refractivity contribution in [2.45, 2.75) is 99.3 Å². The summed E-state index contributed by atoms with van der Waals surface area (Å²) in [6.07, 6.45) is 0. The Morgan fingerprint density at radius 2 is 0.690 bits per heavy atom. The maximum Gasteiger partial charge on any atom is 0.268 e. The van der Waals surface area contributed by atoms with Crippen molar-refractivity contribution in [2.75, 3.05) is 14.7 Å². The topological polar surface area (TPSA) is 85.0 Å². The molecule has 0 unspecified atom stereocenters. The third-order valence-electron chi connectivity index (χ3n) is 20.8. The van der Waals surface area contributed by atoms with E-state index in [0.29, 0.717) is 146 Å². The summed E-state index contributed by atoms with van der Waals surface area (Å²) in [5.41, 5.74) is 7.70. The number of nitrogens with zero attached hydrogens (tertiary/aromatic N) is 5. The molecule has 19 heteroatoms. The van der Waals surface area contributed by atoms with Crippen LogP contribution in [0.5, 0.6) is 34.5 Å². The van der Waals surface area contributed by atoms with Gasteiger partial charge in [-0.3, -0.25) is 0 Å². The third-order valence-corrected chi connectivity index (χ3v) is 23.2. The van der Waals surface area contributed by atoms with Gasteiger partial charge in [-0.2, -0.15) is 10.5 Å². The largest absolute Gasteiger partial charge is 0.458 e. The number of hydrogen-bond donors (Lipinski definition) is 0. The molecule has 100 heavy (non-hydrogen) atoms. The standard InChI is InChI=1S/C81H58B3F6N5O3S2/c1-37-17-60-69-64(20-37)96-63-34-59-49(84-71-62(95(59)74-55(89)29-44(30-56(74)90)81(10,11)12)19-39(3)22-66(71)98-76-46-24-41(36-92)14-16-68(46)100-78(76)84)32-50(63)82(69)47-31-48-58(33-57(47)93(60)72-51(85)25-42(26-52(72)86)79(4,5)6)94(73-53(87)27-43(28-54(73)88)80(7,8)9)61-18-38(2)21-65-70(61)83(48)77-75(97-65)45-23-40(35-91)13-15-67(45)99-77/h13-34H,1-12H3. The zero-order chi connectivity index (χ0) is 69.7. The van der Waals surface area contributed by atoms with Gasteiger partial charge in [0.1, 0.15) is 51.6 Å². The molecule has 0 fully saturated rings. The van der Waals surface area contributed by atoms with Crippen LogP contribution in [0.1, 0.15) is 107 Å². The lowest BCUT2D eigenvalue weighted by Crippen LogP contribution is -2.65. The molecule has 0 amide bonds. The quantitative estimate of drug-likeness (QED) is 0.128. The van der Waals surface area contributed by atoms with Crippen LogP contribution in [0.15, 0.2) is 133 Å². The van der Waals surface area contributed by atoms with E-state index in [1.165, 1.54) is 59.1 Å². The summed E-state index contributed by atoms with van der Waals surface area (Å²) >= 11 is 2.98. The van der Waals surface area contributed by atoms with E-state index >= 15 is 26.3 Å². The Labute approximate surface area is 583 Å². The number of rotatable bonds is 3. The first-order valence-electron chi connectivity index (χ1n) is 33.2. The normalized spacial score (nSPS) is 14.2. The molecule has 488 valence electrons. The zero-order valence-corrected chi connectivity index (χ0v) is 58.1. The van der Waals surface area contributed by atoms with Gasteiger partial charge in [-0.1, -0.05) is 74.4 Å². The molecule has 12 aromatic rings. The van der Waals surface area contributed by atoms with E-state index in [1.807, 2.05) is 162 Å². The summed E-state index contributed by atoms with van der Waals surface area (Å²) in [6, 6.07) is 42.9. The molecular formula is C81H58B3F6N5O3S2. The lowest BCUT2D eigenvalue weighted by atomic mass is 9.30. The highest BCUT2D eigenvalue weighted by molar-refractivity contribution is 7.34. The minimum atomic E-state index is -0.866. The fourth-order valence-electron chi connectivity index (χ4n) is 16.1. The maximum absolute atomic E-state index is 18.2. The molecule has 18 rings (SSSR count). The first-order chi connectivity index (χ1) is 47.5. The first-order valence-corrected chi connectivity index (χ1v) is 34.8. The minimum Gasteiger partial charge on any atom is -0.458 e. The smallest absolute Gasteiger partial charge is 0.268 e. The van der Waals surface area contributed by atoms with Crippen LogP contribution >= 0.6 is 22.7 Å². The van der Waals surface area contributed by atoms with Crippen LogP contribution in [0.25, 0.3) is 20.2 Å². The molecule has 6 aliphatic heterocycles. The van der Waals surface area contributed by atoms with Crippen LogP contribution in [-0.2, 0) is 16.2 Å². The maximum atomic E-state index is 18.2. The summed E-state index contributed by atoms with van der Waals surface area (Å²) < 4.78 is 133. The molecule has 8 heterocycles. The van der Waals surface area contributed by atoms with Gasteiger partial charge in [0.2, 0.25) is 0 Å². The number of halogens is 6. The predicted octanol–water partition coefficient (Wildman–Crippen LogP) is 16.7. The van der Waals surface area contributed by atoms with Gasteiger partial charge in [0, 0.05) is 69.9 Å². The van der Waals surface area contributed by atoms with Gasteiger partial charge in [0.25, 0.3) is 20.1 Å². The number of anilines is 9. The molecule has 0 saturated carbocycles. The minimum absolute atomic E-state index is 0.286. The van der Waals surface area contributed by atoms with E-state index in [9.17, 15) is 10.5 Å². The third kappa shape index (κ3) is 8.79. The van der Waals surface area contributed by atoms with Crippen molar-refractivity contribution >= 4 is 162 Å². The summed E-state index contributed by atoms with van der Waals surface area (Å²) in [4.78, 5) is 4.81. The molecule has 0 N–H and O–H groups in total. The van der Waals surface area contributed by atoms with Crippen molar-refractivity contribution < 1.29 is 40.6 Å². The van der Waals surface area contributed by atoms with Gasteiger partial charge in [-0.25, -0.2) is 26.3 Å². The van der Waals surface area contributed by atoms with Gasteiger partial charge in [0.15, 0.2) is 34.9 Å². The zero-order valence-electron chi connectivity index (χ0n) is 56.5. The molecular weight excluding hydrogens is 1300 g/mol. The number of aryl methyl sites for hydroxylation is 3. The Morgan fingerprint density at radius 3 is 1.05 bits per heavy atom. The van der Waals surface area contributed by atoms with Crippen molar-refractivity contribution in [3.05, 3.63) is 213 Å². The van der Waals surface area contributed by atoms with Gasteiger partial charge in [0.05, 0.1) is 23.3 Å². The predicted molar refractivity (Wildman–Crippen MR) is 394 cm³/mol. The second kappa shape index (κ2) is 20.9. The van der Waals surface area contributed by atoms with Crippen LogP contribution < -0.4 is 76.7 Å². The van der Waals surface area contributed by atoms with Gasteiger partial charge in [-0.15, -0.1) is 22.7 Å². The number of nitriles is 2. The second-order valence-electron chi connectivity index (χ2n) is 30.5. The SMILES string of the molecule is Cc1cc2c3c(c1)N(c1c(F)cc(C(C)(C)C)cc1F)c1cc4c(cc1B3c1cc3c(cc1O2)N(c1c(F)cc(C(C)(C)C)cc1F)c1cc(C)cc2c1B3c1sc3ccc(C#N)cc3c1O2)B1c2sc3ccc(C#N)cc3c2Oc2cc(C)cc(c21)N4c1c(F)cc(C(C)(C)C)cc1F. The molecule has 2 aromatic heterocycles. The van der Waals surface area contributed by atoms with Crippen molar-refractivity contribution in [3.8, 4) is 46.6 Å². The van der Waals surface area contributed by atoms with Crippen molar-refractivity contribution in [2.24, 2.45) is 0 Å². The Balaban J connectivity index is 0.974. The fraction of sp³-hybridized carbons (Fsp3) is 0.185. The van der Waals surface area contributed by atoms with Crippen molar-refractivity contribution in [3.63, 3.8) is 0 Å². The molecule has 0 radical (unpaired) electrons. The van der Waals surface area contributed by atoms with E-state index in [4.69, 9.17) is 14.2 Å². The van der Waals surface area contributed by atoms with E-state index in [1.54, 1.807) is 32.9 Å². The average Bonchev–Trinajstić information content (AvgIpc) is 1.06. The number of benzene rings is 10. The molecule has 0 bridgehead atoms. The summed E-state index contributed by atoms with van der Waals surface area (Å²) in [6.45, 7) is 20.4. The molecule has 6 aliphatic rings. The summed E-state index contributed by atoms with van der Waals surface area (Å²) in [5.74, 6) is -2.35. The highest BCUT2D eigenvalue weighted by Crippen LogP contribution is 2.53. The first kappa shape index (κ1) is 62.0. The highest BCUT2D eigenvalue weighted by Gasteiger charge is 2.52. The Hall–Kier alpha value is -10.3. The Kier molecular flexibility index (Phi) is 12.9. The lowest BCUT2D eigenvalue weighted by Gasteiger charge is -2.45. The van der Waals surface area contributed by atoms with E-state index in [0.717, 1.165) is 29.9 Å². The van der Waals surface area contributed by atoms with Crippen LogP contribution in [0.4, 0.5) is 77.5 Å². The second-order valence-corrected chi connectivity index (χ2v) is 32.6. The Bertz CT molecular complexity index is 5820. The highest BCUT2D eigenvalue weighted by atomic mass is 32.1. The lowest BCUT2D eigenvalue weighted by molar-refractivity contribution is 0.487.